The van der Waals surface area contributed by atoms with Crippen LogP contribution in [0.5, 0.6) is 0 Å². The number of rotatable bonds is 11. The second-order valence-electron chi connectivity index (χ2n) is 7.88. The Hall–Kier alpha value is -2.56. The molecule has 0 aliphatic carbocycles. The van der Waals surface area contributed by atoms with Crippen LogP contribution in [0.25, 0.3) is 0 Å². The van der Waals surface area contributed by atoms with Gasteiger partial charge in [0.2, 0.25) is 5.91 Å². The van der Waals surface area contributed by atoms with Crippen LogP contribution < -0.4 is 5.32 Å². The second kappa shape index (κ2) is 10.7. The summed E-state index contributed by atoms with van der Waals surface area (Å²) >= 11 is 0. The highest BCUT2D eigenvalue weighted by molar-refractivity contribution is 6.09. The average molecular weight is 439 g/mol. The number of amides is 4. The van der Waals surface area contributed by atoms with E-state index in [1.54, 1.807) is 0 Å². The van der Waals surface area contributed by atoms with Gasteiger partial charge in [-0.3, -0.25) is 14.5 Å². The number of benzene rings is 1. The maximum absolute atomic E-state index is 13.2. The van der Waals surface area contributed by atoms with Gasteiger partial charge in [-0.05, 0) is 38.5 Å². The fourth-order valence-electron chi connectivity index (χ4n) is 3.11. The smallest absolute Gasteiger partial charge is 0.325 e. The highest BCUT2D eigenvalue weighted by Gasteiger charge is 2.49. The van der Waals surface area contributed by atoms with Gasteiger partial charge in [0.05, 0.1) is 32.0 Å². The number of likely N-dealkylation sites (N-methyl/N-ethyl adjacent to an activating group) is 1. The molecule has 2 N–H and O–H groups in total. The number of aliphatic hydroxyl groups excluding tert-OH is 1. The number of aliphatic hydroxyl groups is 1. The highest BCUT2D eigenvalue weighted by Crippen LogP contribution is 2.28. The van der Waals surface area contributed by atoms with Crippen molar-refractivity contribution < 1.29 is 33.4 Å². The molecule has 1 saturated heterocycles. The maximum atomic E-state index is 13.2. The lowest BCUT2D eigenvalue weighted by Crippen LogP contribution is -2.45. The van der Waals surface area contributed by atoms with Gasteiger partial charge >= 0.3 is 6.03 Å². The lowest BCUT2D eigenvalue weighted by atomic mass is 9.92. The van der Waals surface area contributed by atoms with Crippen LogP contribution in [0.3, 0.4) is 0 Å². The number of urea groups is 1. The third-order valence-corrected chi connectivity index (χ3v) is 4.89. The molecule has 1 aliphatic heterocycles. The predicted molar refractivity (Wildman–Crippen MR) is 110 cm³/mol. The van der Waals surface area contributed by atoms with Crippen molar-refractivity contribution in [2.24, 2.45) is 0 Å². The summed E-state index contributed by atoms with van der Waals surface area (Å²) in [6, 6.07) is 4.49. The van der Waals surface area contributed by atoms with Gasteiger partial charge in [0.25, 0.3) is 5.91 Å². The molecule has 0 radical (unpaired) electrons. The minimum absolute atomic E-state index is 0.0187. The fraction of sp³-hybridized carbons (Fsp3) is 0.571. The van der Waals surface area contributed by atoms with Crippen molar-refractivity contribution in [2.45, 2.75) is 38.5 Å². The lowest BCUT2D eigenvalue weighted by molar-refractivity contribution is -0.139. The summed E-state index contributed by atoms with van der Waals surface area (Å²) in [6.07, 6.45) is -0.840. The summed E-state index contributed by atoms with van der Waals surface area (Å²) in [5.41, 5.74) is -0.987. The van der Waals surface area contributed by atoms with Crippen LogP contribution in [0.4, 0.5) is 9.18 Å². The molecule has 10 heteroatoms. The van der Waals surface area contributed by atoms with E-state index in [1.165, 1.54) is 43.1 Å². The van der Waals surface area contributed by atoms with E-state index in [-0.39, 0.29) is 19.3 Å². The molecule has 1 heterocycles. The quantitative estimate of drug-likeness (QED) is 0.391. The summed E-state index contributed by atoms with van der Waals surface area (Å²) in [5, 5.41) is 12.6. The molecule has 2 rings (SSSR count). The number of hydrogen-bond acceptors (Lipinski definition) is 6. The molecule has 0 bridgehead atoms. The first-order valence-corrected chi connectivity index (χ1v) is 10.1. The molecule has 31 heavy (non-hydrogen) atoms. The average Bonchev–Trinajstić information content (AvgIpc) is 2.91. The van der Waals surface area contributed by atoms with Gasteiger partial charge in [0.15, 0.2) is 0 Å². The van der Waals surface area contributed by atoms with E-state index in [4.69, 9.17) is 9.47 Å². The molecular weight excluding hydrogens is 409 g/mol. The monoisotopic (exact) mass is 439 g/mol. The molecule has 2 atom stereocenters. The van der Waals surface area contributed by atoms with Crippen molar-refractivity contribution in [2.75, 3.05) is 40.0 Å². The van der Waals surface area contributed by atoms with Gasteiger partial charge in [-0.2, -0.15) is 0 Å². The van der Waals surface area contributed by atoms with Crippen molar-refractivity contribution in [3.63, 3.8) is 0 Å². The van der Waals surface area contributed by atoms with Crippen LogP contribution in [0.2, 0.25) is 0 Å². The Labute approximate surface area is 181 Å². The van der Waals surface area contributed by atoms with E-state index in [1.807, 2.05) is 13.8 Å². The Morgan fingerprint density at radius 3 is 2.52 bits per heavy atom. The number of ether oxygens (including phenoxy) is 2. The number of carbonyl (C=O) groups is 3. The van der Waals surface area contributed by atoms with Crippen LogP contribution in [0.15, 0.2) is 24.3 Å². The third kappa shape index (κ3) is 6.46. The Kier molecular flexibility index (Phi) is 8.49. The van der Waals surface area contributed by atoms with Gasteiger partial charge in [0, 0.05) is 13.6 Å². The van der Waals surface area contributed by atoms with Gasteiger partial charge in [0.1, 0.15) is 17.9 Å². The summed E-state index contributed by atoms with van der Waals surface area (Å²) in [5.74, 6) is -1.60. The molecule has 1 fully saturated rings. The van der Waals surface area contributed by atoms with E-state index in [2.05, 4.69) is 5.32 Å². The van der Waals surface area contributed by atoms with E-state index >= 15 is 0 Å². The van der Waals surface area contributed by atoms with Crippen molar-refractivity contribution in [3.8, 4) is 0 Å². The number of nitrogens with zero attached hydrogens (tertiary/aromatic N) is 2. The maximum Gasteiger partial charge on any atom is 0.325 e. The van der Waals surface area contributed by atoms with Crippen molar-refractivity contribution in [1.29, 1.82) is 0 Å². The molecule has 1 aromatic rings. The largest absolute Gasteiger partial charge is 0.389 e. The van der Waals surface area contributed by atoms with Gasteiger partial charge in [-0.25, -0.2) is 9.18 Å². The molecule has 0 spiro atoms. The molecule has 0 unspecified atom stereocenters. The Bertz CT molecular complexity index is 788. The van der Waals surface area contributed by atoms with Gasteiger partial charge in [-0.1, -0.05) is 12.1 Å². The van der Waals surface area contributed by atoms with E-state index in [0.29, 0.717) is 18.8 Å². The number of hydrogen-bond donors (Lipinski definition) is 2. The minimum atomic E-state index is -1.39. The molecule has 0 saturated carbocycles. The fourth-order valence-corrected chi connectivity index (χ4v) is 3.11. The molecule has 1 aliphatic rings. The first kappa shape index (κ1) is 24.7. The first-order valence-electron chi connectivity index (χ1n) is 10.1. The molecule has 9 nitrogen and oxygen atoms in total. The SMILES string of the molecule is CC(C)OCCOC[C@@H](O)CN(C)C(=O)CN1C(=O)N[C@@](C)(c2ccc(F)cc2)C1=O. The van der Waals surface area contributed by atoms with Crippen LogP contribution in [0, 0.1) is 5.82 Å². The van der Waals surface area contributed by atoms with Crippen LogP contribution in [0.1, 0.15) is 26.3 Å². The minimum Gasteiger partial charge on any atom is -0.389 e. The highest BCUT2D eigenvalue weighted by atomic mass is 19.1. The normalized spacial score (nSPS) is 19.6. The molecule has 4 amide bonds. The lowest BCUT2D eigenvalue weighted by Gasteiger charge is -2.24. The van der Waals surface area contributed by atoms with Crippen molar-refractivity contribution >= 4 is 17.8 Å². The van der Waals surface area contributed by atoms with Crippen molar-refractivity contribution in [3.05, 3.63) is 35.6 Å². The number of halogens is 1. The van der Waals surface area contributed by atoms with Crippen molar-refractivity contribution in [1.82, 2.24) is 15.1 Å². The van der Waals surface area contributed by atoms with Gasteiger partial charge in [-0.15, -0.1) is 0 Å². The van der Waals surface area contributed by atoms with E-state index < -0.39 is 41.9 Å². The summed E-state index contributed by atoms with van der Waals surface area (Å²) < 4.78 is 23.8. The van der Waals surface area contributed by atoms with E-state index in [9.17, 15) is 23.9 Å². The third-order valence-electron chi connectivity index (χ3n) is 4.89. The van der Waals surface area contributed by atoms with Gasteiger partial charge < -0.3 is 24.8 Å². The number of nitrogens with one attached hydrogen (secondary N) is 1. The zero-order valence-corrected chi connectivity index (χ0v) is 18.3. The Balaban J connectivity index is 1.87. The predicted octanol–water partition coefficient (Wildman–Crippen LogP) is 0.854. The van der Waals surface area contributed by atoms with E-state index in [0.717, 1.165) is 4.90 Å². The summed E-state index contributed by atoms with van der Waals surface area (Å²) in [6.45, 7) is 5.54. The van der Waals surface area contributed by atoms with Crippen LogP contribution in [-0.2, 0) is 24.6 Å². The first-order chi connectivity index (χ1) is 14.5. The second-order valence-corrected chi connectivity index (χ2v) is 7.88. The standard InChI is InChI=1S/C21H30FN3O6/c1-14(2)31-10-9-30-13-17(26)11-24(4)18(27)12-25-19(28)21(3,23-20(25)29)15-5-7-16(22)8-6-15/h5-8,14,17,26H,9-13H2,1-4H3,(H,23,29)/t17-,21-/m0/s1. The Morgan fingerprint density at radius 1 is 1.26 bits per heavy atom. The molecule has 1 aromatic carbocycles. The number of imide groups is 1. The molecule has 0 aromatic heterocycles. The number of carbonyl (C=O) groups excluding carboxylic acids is 3. The zero-order valence-electron chi connectivity index (χ0n) is 18.3. The molecule has 172 valence electrons. The van der Waals surface area contributed by atoms with Crippen LogP contribution >= 0.6 is 0 Å². The molecular formula is C21H30FN3O6. The topological polar surface area (TPSA) is 108 Å². The Morgan fingerprint density at radius 2 is 1.90 bits per heavy atom. The summed E-state index contributed by atoms with van der Waals surface area (Å²) in [4.78, 5) is 39.7. The van der Waals surface area contributed by atoms with Crippen LogP contribution in [-0.4, -0.2) is 84.9 Å². The zero-order chi connectivity index (χ0) is 23.2. The summed E-state index contributed by atoms with van der Waals surface area (Å²) in [7, 11) is 1.46.